The van der Waals surface area contributed by atoms with Crippen LogP contribution in [0.25, 0.3) is 41.7 Å². The monoisotopic (exact) mass is 402 g/mol. The summed E-state index contributed by atoms with van der Waals surface area (Å²) in [5, 5.41) is 6.74. The van der Waals surface area contributed by atoms with Crippen LogP contribution in [0.15, 0.2) is 65.5 Å². The average molecular weight is 403 g/mol. The van der Waals surface area contributed by atoms with E-state index in [1.165, 1.54) is 16.3 Å². The third-order valence-electron chi connectivity index (χ3n) is 5.41. The van der Waals surface area contributed by atoms with Gasteiger partial charge in [-0.3, -0.25) is 4.79 Å². The number of benzene rings is 4. The zero-order valence-corrected chi connectivity index (χ0v) is 17.5. The maximum absolute atomic E-state index is 13.1. The Morgan fingerprint density at radius 3 is 2.18 bits per heavy atom. The van der Waals surface area contributed by atoms with Gasteiger partial charge in [0, 0.05) is 25.2 Å². The summed E-state index contributed by atoms with van der Waals surface area (Å²) in [5.74, 6) is 0. The molecule has 0 N–H and O–H groups in total. The van der Waals surface area contributed by atoms with Crippen molar-refractivity contribution in [2.75, 3.05) is 0 Å². The number of hydrogen-bond acceptors (Lipinski definition) is 2. The summed E-state index contributed by atoms with van der Waals surface area (Å²) in [5.41, 5.74) is 1.47. The van der Waals surface area contributed by atoms with E-state index in [0.29, 0.717) is 10.4 Å². The molecular formula is C25H19ClOS. The van der Waals surface area contributed by atoms with E-state index in [1.54, 1.807) is 17.4 Å². The first-order valence-electron chi connectivity index (χ1n) is 9.34. The van der Waals surface area contributed by atoms with E-state index in [9.17, 15) is 4.79 Å². The molecule has 1 aromatic heterocycles. The number of halogens is 1. The van der Waals surface area contributed by atoms with Crippen LogP contribution in [0.1, 0.15) is 26.3 Å². The molecule has 0 aliphatic rings. The third kappa shape index (κ3) is 2.80. The Bertz CT molecular complexity index is 1470. The van der Waals surface area contributed by atoms with Crippen LogP contribution in [0.5, 0.6) is 0 Å². The summed E-state index contributed by atoms with van der Waals surface area (Å²) in [4.78, 5) is 13.1. The molecule has 1 nitrogen and oxygen atoms in total. The molecule has 0 fully saturated rings. The summed E-state index contributed by atoms with van der Waals surface area (Å²) < 4.78 is 1.98. The van der Waals surface area contributed by atoms with Crippen molar-refractivity contribution in [3.8, 4) is 0 Å². The highest BCUT2D eigenvalue weighted by Gasteiger charge is 2.14. The highest BCUT2D eigenvalue weighted by atomic mass is 35.5. The molecule has 0 unspecified atom stereocenters. The molecule has 1 heterocycles. The zero-order chi connectivity index (χ0) is 19.6. The second-order valence-corrected chi connectivity index (χ2v) is 9.95. The van der Waals surface area contributed by atoms with E-state index in [4.69, 9.17) is 11.6 Å². The molecule has 28 heavy (non-hydrogen) atoms. The van der Waals surface area contributed by atoms with Crippen LogP contribution in [0.3, 0.4) is 0 Å². The maximum atomic E-state index is 13.1. The van der Waals surface area contributed by atoms with Gasteiger partial charge in [-0.15, -0.1) is 11.3 Å². The Morgan fingerprint density at radius 1 is 0.714 bits per heavy atom. The summed E-state index contributed by atoms with van der Waals surface area (Å²) in [6, 6.07) is 20.8. The van der Waals surface area contributed by atoms with Crippen molar-refractivity contribution in [3.05, 3.63) is 81.5 Å². The van der Waals surface area contributed by atoms with Gasteiger partial charge in [0.05, 0.1) is 0 Å². The lowest BCUT2D eigenvalue weighted by Gasteiger charge is -2.19. The van der Waals surface area contributed by atoms with E-state index >= 15 is 0 Å². The number of hydrogen-bond donors (Lipinski definition) is 0. The fourth-order valence-corrected chi connectivity index (χ4v) is 5.04. The van der Waals surface area contributed by atoms with Crippen molar-refractivity contribution in [2.45, 2.75) is 26.2 Å². The highest BCUT2D eigenvalue weighted by Crippen LogP contribution is 2.33. The molecule has 0 spiro atoms. The molecule has 4 aromatic carbocycles. The van der Waals surface area contributed by atoms with Gasteiger partial charge in [-0.2, -0.15) is 0 Å². The van der Waals surface area contributed by atoms with Gasteiger partial charge in [0.25, 0.3) is 0 Å². The van der Waals surface area contributed by atoms with Gasteiger partial charge in [0.15, 0.2) is 5.43 Å². The molecule has 0 atom stereocenters. The minimum absolute atomic E-state index is 0.0525. The van der Waals surface area contributed by atoms with Gasteiger partial charge in [-0.05, 0) is 75.0 Å². The minimum atomic E-state index is 0.0525. The van der Waals surface area contributed by atoms with Crippen LogP contribution in [0.2, 0.25) is 5.02 Å². The van der Waals surface area contributed by atoms with Crippen molar-refractivity contribution in [1.82, 2.24) is 0 Å². The van der Waals surface area contributed by atoms with Crippen molar-refractivity contribution in [1.29, 1.82) is 0 Å². The fourth-order valence-electron chi connectivity index (χ4n) is 3.79. The molecule has 0 aliphatic carbocycles. The highest BCUT2D eigenvalue weighted by molar-refractivity contribution is 7.24. The van der Waals surface area contributed by atoms with Crippen molar-refractivity contribution in [3.63, 3.8) is 0 Å². The van der Waals surface area contributed by atoms with Crippen LogP contribution < -0.4 is 5.43 Å². The second-order valence-electron chi connectivity index (χ2n) is 8.43. The predicted octanol–water partition coefficient (Wildman–Crippen LogP) is 7.67. The second kappa shape index (κ2) is 6.04. The Morgan fingerprint density at radius 2 is 1.39 bits per heavy atom. The minimum Gasteiger partial charge on any atom is -0.289 e. The van der Waals surface area contributed by atoms with Gasteiger partial charge >= 0.3 is 0 Å². The molecule has 3 heteroatoms. The van der Waals surface area contributed by atoms with Crippen LogP contribution in [0.4, 0.5) is 0 Å². The summed E-state index contributed by atoms with van der Waals surface area (Å²) in [6.07, 6.45) is 0. The van der Waals surface area contributed by atoms with E-state index < -0.39 is 0 Å². The third-order valence-corrected chi connectivity index (χ3v) is 6.78. The molecule has 0 aliphatic heterocycles. The smallest absolute Gasteiger partial charge is 0.195 e. The number of fused-ring (bicyclic) bond motifs is 4. The quantitative estimate of drug-likeness (QED) is 0.243. The topological polar surface area (TPSA) is 17.1 Å². The van der Waals surface area contributed by atoms with Crippen LogP contribution in [0, 0.1) is 0 Å². The summed E-state index contributed by atoms with van der Waals surface area (Å²) >= 11 is 7.76. The van der Waals surface area contributed by atoms with E-state index in [0.717, 1.165) is 25.6 Å². The first kappa shape index (κ1) is 17.7. The van der Waals surface area contributed by atoms with Gasteiger partial charge in [0.1, 0.15) is 0 Å². The molecule has 0 radical (unpaired) electrons. The normalized spacial score (nSPS) is 12.4. The Hall–Kier alpha value is -2.42. The molecule has 0 bridgehead atoms. The zero-order valence-electron chi connectivity index (χ0n) is 16.0. The summed E-state index contributed by atoms with van der Waals surface area (Å²) in [6.45, 7) is 6.68. The van der Waals surface area contributed by atoms with E-state index in [2.05, 4.69) is 57.2 Å². The fraction of sp³-hybridized carbons (Fsp3) is 0.160. The largest absolute Gasteiger partial charge is 0.289 e. The molecule has 5 rings (SSSR count). The number of rotatable bonds is 0. The predicted molar refractivity (Wildman–Crippen MR) is 124 cm³/mol. The molecule has 5 aromatic rings. The molecule has 0 saturated heterocycles. The van der Waals surface area contributed by atoms with Crippen molar-refractivity contribution in [2.24, 2.45) is 0 Å². The summed E-state index contributed by atoms with van der Waals surface area (Å²) in [7, 11) is 0. The van der Waals surface area contributed by atoms with Gasteiger partial charge in [0.2, 0.25) is 0 Å². The average Bonchev–Trinajstić information content (AvgIpc) is 2.65. The van der Waals surface area contributed by atoms with E-state index in [1.807, 2.05) is 18.2 Å². The van der Waals surface area contributed by atoms with E-state index in [-0.39, 0.29) is 10.8 Å². The first-order chi connectivity index (χ1) is 13.3. The van der Waals surface area contributed by atoms with Crippen LogP contribution in [-0.4, -0.2) is 0 Å². The first-order valence-corrected chi connectivity index (χ1v) is 10.5. The molecule has 0 amide bonds. The Kier molecular flexibility index (Phi) is 3.81. The SMILES string of the molecule is CC(C)(C)c1ccc2cc3cc4sc5ccc(Cl)cc5c(=O)c4cc3cc2c1. The molecule has 0 saturated carbocycles. The Balaban J connectivity index is 1.85. The molecule has 138 valence electrons. The van der Waals surface area contributed by atoms with Gasteiger partial charge in [-0.25, -0.2) is 0 Å². The van der Waals surface area contributed by atoms with Crippen LogP contribution >= 0.6 is 22.9 Å². The lowest BCUT2D eigenvalue weighted by molar-refractivity contribution is 0.591. The Labute approximate surface area is 172 Å². The molecular weight excluding hydrogens is 384 g/mol. The lowest BCUT2D eigenvalue weighted by Crippen LogP contribution is -2.10. The van der Waals surface area contributed by atoms with Crippen molar-refractivity contribution >= 4 is 64.7 Å². The van der Waals surface area contributed by atoms with Gasteiger partial charge in [-0.1, -0.05) is 50.6 Å². The lowest BCUT2D eigenvalue weighted by atomic mass is 9.85. The van der Waals surface area contributed by atoms with Gasteiger partial charge < -0.3 is 0 Å². The van der Waals surface area contributed by atoms with Crippen molar-refractivity contribution < 1.29 is 0 Å². The van der Waals surface area contributed by atoms with Crippen LogP contribution in [-0.2, 0) is 5.41 Å². The maximum Gasteiger partial charge on any atom is 0.195 e. The standard InChI is InChI=1S/C25H19ClOS/c1-25(2,3)18-5-4-14-8-17-12-23-20(11-16(17)9-15(14)10-18)24(27)21-13-19(26)6-7-22(21)28-23/h4-13H,1-3H3.